The minimum atomic E-state index is -4.87. The molecule has 2 aliphatic rings. The number of amides is 2. The van der Waals surface area contributed by atoms with Crippen LogP contribution in [0.15, 0.2) is 18.2 Å². The number of halogens is 3. The van der Waals surface area contributed by atoms with Crippen molar-refractivity contribution in [2.75, 3.05) is 17.8 Å². The summed E-state index contributed by atoms with van der Waals surface area (Å²) in [5.41, 5.74) is -4.53. The molecule has 0 spiro atoms. The van der Waals surface area contributed by atoms with Crippen LogP contribution in [0, 0.1) is 28.6 Å². The van der Waals surface area contributed by atoms with Crippen molar-refractivity contribution in [3.8, 4) is 6.07 Å². The maximum atomic E-state index is 13.6. The van der Waals surface area contributed by atoms with Gasteiger partial charge in [-0.15, -0.1) is 0 Å². The number of methoxy groups -OCH3 is 1. The quantitative estimate of drug-likeness (QED) is 0.621. The smallest absolute Gasteiger partial charge is 0.378 e. The van der Waals surface area contributed by atoms with Crippen LogP contribution in [-0.2, 0) is 30.5 Å². The predicted molar refractivity (Wildman–Crippen MR) is 116 cm³/mol. The fourth-order valence-corrected chi connectivity index (χ4v) is 5.99. The predicted octanol–water partition coefficient (Wildman–Crippen LogP) is 2.83. The number of imide groups is 1. The molecule has 34 heavy (non-hydrogen) atoms. The van der Waals surface area contributed by atoms with Crippen LogP contribution in [0.4, 0.5) is 18.9 Å². The third-order valence-electron chi connectivity index (χ3n) is 7.13. The van der Waals surface area contributed by atoms with Gasteiger partial charge < -0.3 is 4.74 Å². The number of carbonyl (C=O) groups excluding carboxylic acids is 2. The molecule has 1 heterocycles. The Balaban J connectivity index is 2.14. The SMILES string of the molecule is CCS(=O)(=O)N[C@@H]1CC(C)(OC)C2C(=O)N(c3ccc(C#N)c(C(F)(F)F)c3)C(=O)[C@H]2C1(C)C. The maximum absolute atomic E-state index is 13.6. The zero-order chi connectivity index (χ0) is 25.9. The summed E-state index contributed by atoms with van der Waals surface area (Å²) in [6, 6.07) is 3.34. The summed E-state index contributed by atoms with van der Waals surface area (Å²) in [5, 5.41) is 9.05. The fourth-order valence-electron chi connectivity index (χ4n) is 5.01. The molecular formula is C22H26F3N3O5S. The summed E-state index contributed by atoms with van der Waals surface area (Å²) >= 11 is 0. The molecule has 1 aliphatic carbocycles. The Morgan fingerprint density at radius 2 is 1.79 bits per heavy atom. The van der Waals surface area contributed by atoms with Gasteiger partial charge >= 0.3 is 6.18 Å². The Morgan fingerprint density at radius 3 is 2.29 bits per heavy atom. The number of rotatable bonds is 5. The third kappa shape index (κ3) is 4.10. The molecule has 1 saturated carbocycles. The highest BCUT2D eigenvalue weighted by Crippen LogP contribution is 2.55. The highest BCUT2D eigenvalue weighted by atomic mass is 32.2. The van der Waals surface area contributed by atoms with E-state index in [4.69, 9.17) is 10.00 Å². The highest BCUT2D eigenvalue weighted by Gasteiger charge is 2.66. The molecule has 3 rings (SSSR count). The van der Waals surface area contributed by atoms with Crippen molar-refractivity contribution in [2.45, 2.75) is 51.9 Å². The zero-order valence-corrected chi connectivity index (χ0v) is 20.2. The second kappa shape index (κ2) is 8.32. The number of hydrogen-bond acceptors (Lipinski definition) is 6. The first-order valence-corrected chi connectivity index (χ1v) is 12.2. The van der Waals surface area contributed by atoms with Gasteiger partial charge in [0, 0.05) is 13.2 Å². The number of benzene rings is 1. The summed E-state index contributed by atoms with van der Waals surface area (Å²) in [7, 11) is -2.34. The number of ether oxygens (including phenoxy) is 1. The molecule has 1 aliphatic heterocycles. The second-order valence-electron chi connectivity index (χ2n) is 9.42. The van der Waals surface area contributed by atoms with Gasteiger partial charge in [0.2, 0.25) is 21.8 Å². The minimum Gasteiger partial charge on any atom is -0.378 e. The van der Waals surface area contributed by atoms with Gasteiger partial charge in [-0.05, 0) is 43.9 Å². The number of alkyl halides is 3. The van der Waals surface area contributed by atoms with E-state index in [1.165, 1.54) is 20.1 Å². The molecule has 1 aromatic carbocycles. The minimum absolute atomic E-state index is 0.0743. The van der Waals surface area contributed by atoms with Crippen LogP contribution in [0.1, 0.15) is 45.2 Å². The Hall–Kier alpha value is -2.49. The van der Waals surface area contributed by atoms with Gasteiger partial charge in [-0.25, -0.2) is 18.0 Å². The number of hydrogen-bond donors (Lipinski definition) is 1. The lowest BCUT2D eigenvalue weighted by molar-refractivity contribution is -0.156. The summed E-state index contributed by atoms with van der Waals surface area (Å²) in [5.74, 6) is -3.79. The van der Waals surface area contributed by atoms with Crippen LogP contribution in [0.2, 0.25) is 0 Å². The van der Waals surface area contributed by atoms with Gasteiger partial charge in [-0.1, -0.05) is 13.8 Å². The van der Waals surface area contributed by atoms with Crippen molar-refractivity contribution in [3.05, 3.63) is 29.3 Å². The molecule has 12 heteroatoms. The van der Waals surface area contributed by atoms with Gasteiger partial charge in [0.05, 0.1) is 46.1 Å². The topological polar surface area (TPSA) is 117 Å². The van der Waals surface area contributed by atoms with Crippen LogP contribution in [0.3, 0.4) is 0 Å². The van der Waals surface area contributed by atoms with Crippen molar-refractivity contribution in [1.29, 1.82) is 5.26 Å². The average molecular weight is 502 g/mol. The number of carbonyl (C=O) groups is 2. The van der Waals surface area contributed by atoms with E-state index in [0.29, 0.717) is 11.0 Å². The first-order chi connectivity index (χ1) is 15.5. The molecule has 2 amide bonds. The zero-order valence-electron chi connectivity index (χ0n) is 19.4. The van der Waals surface area contributed by atoms with E-state index >= 15 is 0 Å². The second-order valence-corrected chi connectivity index (χ2v) is 11.5. The van der Waals surface area contributed by atoms with Gasteiger partial charge in [-0.2, -0.15) is 18.4 Å². The lowest BCUT2D eigenvalue weighted by atomic mass is 9.57. The fraction of sp³-hybridized carbons (Fsp3) is 0.591. The van der Waals surface area contributed by atoms with Crippen LogP contribution in [0.5, 0.6) is 0 Å². The van der Waals surface area contributed by atoms with Crippen molar-refractivity contribution >= 4 is 27.5 Å². The number of nitriles is 1. The van der Waals surface area contributed by atoms with Gasteiger partial charge in [0.25, 0.3) is 0 Å². The van der Waals surface area contributed by atoms with Crippen molar-refractivity contribution in [1.82, 2.24) is 4.72 Å². The van der Waals surface area contributed by atoms with Gasteiger partial charge in [-0.3, -0.25) is 9.59 Å². The molecule has 186 valence electrons. The molecule has 2 fully saturated rings. The number of fused-ring (bicyclic) bond motifs is 1. The van der Waals surface area contributed by atoms with Crippen molar-refractivity contribution < 1.29 is 35.9 Å². The van der Waals surface area contributed by atoms with Crippen LogP contribution >= 0.6 is 0 Å². The summed E-state index contributed by atoms with van der Waals surface area (Å²) in [4.78, 5) is 27.8. The Kier molecular flexibility index (Phi) is 6.39. The average Bonchev–Trinajstić information content (AvgIpc) is 3.02. The van der Waals surface area contributed by atoms with E-state index in [1.807, 2.05) is 0 Å². The van der Waals surface area contributed by atoms with E-state index in [-0.39, 0.29) is 17.9 Å². The molecule has 1 saturated heterocycles. The van der Waals surface area contributed by atoms with Gasteiger partial charge in [0.15, 0.2) is 0 Å². The van der Waals surface area contributed by atoms with Crippen LogP contribution < -0.4 is 9.62 Å². The largest absolute Gasteiger partial charge is 0.417 e. The van der Waals surface area contributed by atoms with E-state index in [9.17, 15) is 31.2 Å². The number of anilines is 1. The van der Waals surface area contributed by atoms with Crippen molar-refractivity contribution in [3.63, 3.8) is 0 Å². The Morgan fingerprint density at radius 1 is 1.21 bits per heavy atom. The molecule has 0 aromatic heterocycles. The van der Waals surface area contributed by atoms with E-state index in [2.05, 4.69) is 4.72 Å². The molecule has 4 atom stereocenters. The molecule has 1 aromatic rings. The van der Waals surface area contributed by atoms with E-state index in [0.717, 1.165) is 12.1 Å². The Bertz CT molecular complexity index is 1180. The van der Waals surface area contributed by atoms with Crippen LogP contribution in [-0.4, -0.2) is 44.7 Å². The normalized spacial score (nSPS) is 29.1. The molecule has 0 bridgehead atoms. The van der Waals surface area contributed by atoms with Gasteiger partial charge in [0.1, 0.15) is 0 Å². The molecule has 8 nitrogen and oxygen atoms in total. The number of nitrogens with one attached hydrogen (secondary N) is 1. The number of sulfonamides is 1. The molecule has 0 radical (unpaired) electrons. The number of nitrogens with zero attached hydrogens (tertiary/aromatic N) is 2. The summed E-state index contributed by atoms with van der Waals surface area (Å²) in [6.45, 7) is 6.35. The maximum Gasteiger partial charge on any atom is 0.417 e. The first-order valence-electron chi connectivity index (χ1n) is 10.6. The first kappa shape index (κ1) is 26.1. The Labute approximate surface area is 196 Å². The third-order valence-corrected chi connectivity index (χ3v) is 8.53. The summed E-state index contributed by atoms with van der Waals surface area (Å²) < 4.78 is 73.4. The van der Waals surface area contributed by atoms with E-state index < -0.39 is 68.0 Å². The molecular weight excluding hydrogens is 475 g/mol. The monoisotopic (exact) mass is 501 g/mol. The standard InChI is InChI=1S/C22H26F3N3O5S/c1-6-34(31,32)27-15-10-21(4,33-5)17-16(20(15,2)3)18(29)28(19(17)30)13-8-7-12(11-26)14(9-13)22(23,24)25/h7-9,15-17,27H,6,10H2,1-5H3/t15-,16+,17?,21?/m1/s1. The lowest BCUT2D eigenvalue weighted by Gasteiger charge is -2.51. The molecule has 2 unspecified atom stereocenters. The highest BCUT2D eigenvalue weighted by molar-refractivity contribution is 7.89. The van der Waals surface area contributed by atoms with E-state index in [1.54, 1.807) is 20.8 Å². The lowest BCUT2D eigenvalue weighted by Crippen LogP contribution is -2.63. The molecule has 1 N–H and O–H groups in total. The van der Waals surface area contributed by atoms with Crippen molar-refractivity contribution in [2.24, 2.45) is 17.3 Å². The van der Waals surface area contributed by atoms with Crippen LogP contribution in [0.25, 0.3) is 0 Å². The summed E-state index contributed by atoms with van der Waals surface area (Å²) in [6.07, 6.45) is -4.80.